The molecule has 6 nitrogen and oxygen atoms in total. The minimum absolute atomic E-state index is 0.0178. The molecule has 1 aliphatic rings. The Hall–Kier alpha value is -1.82. The summed E-state index contributed by atoms with van der Waals surface area (Å²) in [7, 11) is 0. The van der Waals surface area contributed by atoms with E-state index in [0.29, 0.717) is 12.2 Å². The van der Waals surface area contributed by atoms with Gasteiger partial charge in [0, 0.05) is 19.3 Å². The van der Waals surface area contributed by atoms with Crippen LogP contribution in [0.2, 0.25) is 0 Å². The first-order valence-corrected chi connectivity index (χ1v) is 5.94. The van der Waals surface area contributed by atoms with Gasteiger partial charge in [0.05, 0.1) is 11.3 Å². The Bertz CT molecular complexity index is 459. The number of oxime groups is 1. The maximum atomic E-state index is 10.1. The lowest BCUT2D eigenvalue weighted by atomic mass is 9.94. The SMILES string of the molecule is CC1(O)CCCN(c2cccnc2/C(N)=N/O)C1. The van der Waals surface area contributed by atoms with Crippen LogP contribution >= 0.6 is 0 Å². The molecular weight excluding hydrogens is 232 g/mol. The van der Waals surface area contributed by atoms with Crippen LogP contribution in [0.25, 0.3) is 0 Å². The van der Waals surface area contributed by atoms with Crippen LogP contribution in [0.1, 0.15) is 25.5 Å². The van der Waals surface area contributed by atoms with Crippen molar-refractivity contribution in [1.29, 1.82) is 0 Å². The van der Waals surface area contributed by atoms with Crippen LogP contribution in [0, 0.1) is 0 Å². The van der Waals surface area contributed by atoms with Gasteiger partial charge in [0.25, 0.3) is 0 Å². The molecule has 1 atom stereocenters. The third kappa shape index (κ3) is 2.53. The van der Waals surface area contributed by atoms with Crippen molar-refractivity contribution >= 4 is 11.5 Å². The summed E-state index contributed by atoms with van der Waals surface area (Å²) in [4.78, 5) is 6.15. The molecule has 4 N–H and O–H groups in total. The van der Waals surface area contributed by atoms with E-state index in [-0.39, 0.29) is 5.84 Å². The number of aromatic nitrogens is 1. The molecule has 1 unspecified atom stereocenters. The minimum atomic E-state index is -0.712. The molecule has 0 aliphatic carbocycles. The van der Waals surface area contributed by atoms with Gasteiger partial charge in [-0.15, -0.1) is 0 Å². The Balaban J connectivity index is 2.33. The van der Waals surface area contributed by atoms with Crippen molar-refractivity contribution in [3.05, 3.63) is 24.0 Å². The first kappa shape index (κ1) is 12.6. The zero-order chi connectivity index (χ0) is 13.2. The summed E-state index contributed by atoms with van der Waals surface area (Å²) in [6.07, 6.45) is 3.28. The van der Waals surface area contributed by atoms with E-state index in [1.807, 2.05) is 17.9 Å². The summed E-state index contributed by atoms with van der Waals surface area (Å²) >= 11 is 0. The number of piperidine rings is 1. The summed E-state index contributed by atoms with van der Waals surface area (Å²) in [5, 5.41) is 21.9. The highest BCUT2D eigenvalue weighted by molar-refractivity contribution is 6.00. The second kappa shape index (κ2) is 4.81. The smallest absolute Gasteiger partial charge is 0.190 e. The van der Waals surface area contributed by atoms with E-state index in [4.69, 9.17) is 10.9 Å². The van der Waals surface area contributed by atoms with Crippen molar-refractivity contribution < 1.29 is 10.3 Å². The number of amidine groups is 1. The fraction of sp³-hybridized carbons (Fsp3) is 0.500. The Kier molecular flexibility index (Phi) is 3.38. The van der Waals surface area contributed by atoms with Gasteiger partial charge in [-0.05, 0) is 31.9 Å². The summed E-state index contributed by atoms with van der Waals surface area (Å²) in [6.45, 7) is 3.16. The van der Waals surface area contributed by atoms with Crippen LogP contribution in [-0.4, -0.2) is 39.8 Å². The number of nitrogens with two attached hydrogens (primary N) is 1. The summed E-state index contributed by atoms with van der Waals surface area (Å²) in [5.74, 6) is -0.0178. The number of aliphatic hydroxyl groups is 1. The van der Waals surface area contributed by atoms with Gasteiger partial charge in [-0.3, -0.25) is 4.98 Å². The molecule has 0 aromatic carbocycles. The fourth-order valence-corrected chi connectivity index (χ4v) is 2.32. The lowest BCUT2D eigenvalue weighted by Gasteiger charge is -2.38. The number of rotatable bonds is 2. The van der Waals surface area contributed by atoms with Crippen molar-refractivity contribution in [3.8, 4) is 0 Å². The van der Waals surface area contributed by atoms with E-state index in [1.54, 1.807) is 12.3 Å². The number of β-amino-alcohol motifs (C(OH)–C–C–N with tert-alkyl or cyclic N) is 1. The number of nitrogens with zero attached hydrogens (tertiary/aromatic N) is 3. The normalized spacial score (nSPS) is 25.2. The molecule has 18 heavy (non-hydrogen) atoms. The van der Waals surface area contributed by atoms with Crippen LogP contribution < -0.4 is 10.6 Å². The van der Waals surface area contributed by atoms with Crippen LogP contribution in [0.15, 0.2) is 23.5 Å². The highest BCUT2D eigenvalue weighted by Crippen LogP contribution is 2.27. The van der Waals surface area contributed by atoms with E-state index >= 15 is 0 Å². The molecule has 0 spiro atoms. The Morgan fingerprint density at radius 2 is 2.39 bits per heavy atom. The predicted molar refractivity (Wildman–Crippen MR) is 68.8 cm³/mol. The van der Waals surface area contributed by atoms with Gasteiger partial charge in [-0.25, -0.2) is 0 Å². The van der Waals surface area contributed by atoms with Crippen molar-refractivity contribution in [2.75, 3.05) is 18.0 Å². The standard InChI is InChI=1S/C12H18N4O2/c1-12(17)5-3-7-16(8-12)9-4-2-6-14-10(9)11(13)15-18/h2,4,6,17-18H,3,5,7-8H2,1H3,(H2,13,15). The molecule has 0 amide bonds. The van der Waals surface area contributed by atoms with Gasteiger partial charge in [0.15, 0.2) is 5.84 Å². The van der Waals surface area contributed by atoms with E-state index in [2.05, 4.69) is 10.1 Å². The molecule has 2 rings (SSSR count). The average Bonchev–Trinajstić information content (AvgIpc) is 2.36. The van der Waals surface area contributed by atoms with Gasteiger partial charge in [0.1, 0.15) is 5.69 Å². The van der Waals surface area contributed by atoms with E-state index in [9.17, 15) is 5.11 Å². The number of hydrogen-bond acceptors (Lipinski definition) is 5. The van der Waals surface area contributed by atoms with E-state index in [1.165, 1.54) is 0 Å². The van der Waals surface area contributed by atoms with Crippen LogP contribution in [0.4, 0.5) is 5.69 Å². The van der Waals surface area contributed by atoms with Gasteiger partial charge in [0.2, 0.25) is 0 Å². The van der Waals surface area contributed by atoms with Gasteiger partial charge < -0.3 is 20.9 Å². The van der Waals surface area contributed by atoms with Crippen LogP contribution in [0.3, 0.4) is 0 Å². The zero-order valence-electron chi connectivity index (χ0n) is 10.4. The lowest BCUT2D eigenvalue weighted by molar-refractivity contribution is 0.0449. The third-order valence-electron chi connectivity index (χ3n) is 3.15. The summed E-state index contributed by atoms with van der Waals surface area (Å²) in [6, 6.07) is 3.66. The Morgan fingerprint density at radius 3 is 3.06 bits per heavy atom. The Labute approximate surface area is 106 Å². The maximum Gasteiger partial charge on any atom is 0.190 e. The second-order valence-corrected chi connectivity index (χ2v) is 4.88. The molecule has 1 aromatic heterocycles. The molecule has 98 valence electrons. The number of hydrogen-bond donors (Lipinski definition) is 3. The highest BCUT2D eigenvalue weighted by atomic mass is 16.4. The first-order valence-electron chi connectivity index (χ1n) is 5.94. The maximum absolute atomic E-state index is 10.1. The minimum Gasteiger partial charge on any atom is -0.409 e. The third-order valence-corrected chi connectivity index (χ3v) is 3.15. The van der Waals surface area contributed by atoms with Gasteiger partial charge in [-0.2, -0.15) is 0 Å². The summed E-state index contributed by atoms with van der Waals surface area (Å²) < 4.78 is 0. The molecule has 1 aromatic rings. The van der Waals surface area contributed by atoms with E-state index < -0.39 is 5.60 Å². The molecule has 0 radical (unpaired) electrons. The lowest BCUT2D eigenvalue weighted by Crippen LogP contribution is -2.46. The van der Waals surface area contributed by atoms with Gasteiger partial charge in [-0.1, -0.05) is 5.16 Å². The topological polar surface area (TPSA) is 95.0 Å². The molecule has 0 saturated carbocycles. The Morgan fingerprint density at radius 1 is 1.61 bits per heavy atom. The molecule has 6 heteroatoms. The monoisotopic (exact) mass is 250 g/mol. The molecule has 2 heterocycles. The number of pyridine rings is 1. The van der Waals surface area contributed by atoms with Crippen molar-refractivity contribution in [2.24, 2.45) is 10.9 Å². The average molecular weight is 250 g/mol. The van der Waals surface area contributed by atoms with Gasteiger partial charge >= 0.3 is 0 Å². The molecule has 1 fully saturated rings. The summed E-state index contributed by atoms with van der Waals surface area (Å²) in [5.41, 5.74) is 6.13. The highest BCUT2D eigenvalue weighted by Gasteiger charge is 2.30. The van der Waals surface area contributed by atoms with Crippen LogP contribution in [0.5, 0.6) is 0 Å². The van der Waals surface area contributed by atoms with Crippen molar-refractivity contribution in [1.82, 2.24) is 4.98 Å². The fourth-order valence-electron chi connectivity index (χ4n) is 2.32. The first-order chi connectivity index (χ1) is 8.53. The zero-order valence-corrected chi connectivity index (χ0v) is 10.4. The van der Waals surface area contributed by atoms with E-state index in [0.717, 1.165) is 25.1 Å². The molecule has 1 aliphatic heterocycles. The second-order valence-electron chi connectivity index (χ2n) is 4.88. The predicted octanol–water partition coefficient (Wildman–Crippen LogP) is 0.527. The van der Waals surface area contributed by atoms with Crippen molar-refractivity contribution in [2.45, 2.75) is 25.4 Å². The largest absolute Gasteiger partial charge is 0.409 e. The van der Waals surface area contributed by atoms with Crippen LogP contribution in [-0.2, 0) is 0 Å². The quantitative estimate of drug-likeness (QED) is 0.308. The number of anilines is 1. The molecular formula is C12H18N4O2. The molecule has 1 saturated heterocycles. The molecule has 0 bridgehead atoms. The van der Waals surface area contributed by atoms with Crippen molar-refractivity contribution in [3.63, 3.8) is 0 Å².